The van der Waals surface area contributed by atoms with Crippen LogP contribution in [0.5, 0.6) is 0 Å². The van der Waals surface area contributed by atoms with E-state index in [4.69, 9.17) is 4.74 Å². The molecule has 1 aromatic carbocycles. The first-order chi connectivity index (χ1) is 9.61. The number of methoxy groups -OCH3 is 1. The topological polar surface area (TPSA) is 79.5 Å². The van der Waals surface area contributed by atoms with Gasteiger partial charge in [0.05, 0.1) is 19.7 Å². The van der Waals surface area contributed by atoms with Crippen molar-refractivity contribution in [2.45, 2.75) is 0 Å². The van der Waals surface area contributed by atoms with Crippen LogP contribution in [0.1, 0.15) is 0 Å². The summed E-state index contributed by atoms with van der Waals surface area (Å²) in [5, 5.41) is 8.14. The normalized spacial score (nSPS) is 10.1. The van der Waals surface area contributed by atoms with E-state index < -0.39 is 0 Å². The molecule has 0 aliphatic rings. The molecule has 1 rings (SSSR count). The number of anilines is 1. The zero-order chi connectivity index (χ0) is 14.8. The number of ether oxygens (including phenoxy) is 1. The summed E-state index contributed by atoms with van der Waals surface area (Å²) in [4.78, 5) is 22.9. The molecule has 0 saturated carbocycles. The highest BCUT2D eigenvalue weighted by atomic mass is 79.9. The zero-order valence-corrected chi connectivity index (χ0v) is 12.8. The van der Waals surface area contributed by atoms with Gasteiger partial charge in [0.25, 0.3) is 0 Å². The van der Waals surface area contributed by atoms with Gasteiger partial charge in [0.2, 0.25) is 11.8 Å². The Balaban J connectivity index is 2.17. The third kappa shape index (κ3) is 7.22. The molecule has 0 aromatic heterocycles. The molecule has 0 bridgehead atoms. The van der Waals surface area contributed by atoms with Crippen molar-refractivity contribution in [2.24, 2.45) is 0 Å². The van der Waals surface area contributed by atoms with Gasteiger partial charge in [0.1, 0.15) is 0 Å². The van der Waals surface area contributed by atoms with Crippen LogP contribution in [0.15, 0.2) is 28.7 Å². The van der Waals surface area contributed by atoms with Crippen molar-refractivity contribution >= 4 is 33.4 Å². The molecule has 7 heteroatoms. The zero-order valence-electron chi connectivity index (χ0n) is 11.2. The Labute approximate surface area is 126 Å². The third-order valence-corrected chi connectivity index (χ3v) is 2.86. The smallest absolute Gasteiger partial charge is 0.238 e. The molecule has 20 heavy (non-hydrogen) atoms. The summed E-state index contributed by atoms with van der Waals surface area (Å²) >= 11 is 3.32. The van der Waals surface area contributed by atoms with Crippen molar-refractivity contribution in [2.75, 3.05) is 38.7 Å². The Bertz CT molecular complexity index is 437. The van der Waals surface area contributed by atoms with E-state index in [0.29, 0.717) is 18.8 Å². The number of carbonyl (C=O) groups is 2. The minimum absolute atomic E-state index is 0.0771. The van der Waals surface area contributed by atoms with E-state index in [9.17, 15) is 9.59 Å². The number of halogens is 1. The highest BCUT2D eigenvalue weighted by Gasteiger charge is 2.04. The van der Waals surface area contributed by atoms with E-state index >= 15 is 0 Å². The summed E-state index contributed by atoms with van der Waals surface area (Å²) in [6.45, 7) is 1.10. The fourth-order valence-electron chi connectivity index (χ4n) is 1.38. The van der Waals surface area contributed by atoms with Crippen LogP contribution in [0.2, 0.25) is 0 Å². The first-order valence-corrected chi connectivity index (χ1v) is 6.93. The molecule has 1 aromatic rings. The molecule has 0 saturated heterocycles. The van der Waals surface area contributed by atoms with Crippen LogP contribution in [0.25, 0.3) is 0 Å². The van der Waals surface area contributed by atoms with Gasteiger partial charge in [-0.3, -0.25) is 14.9 Å². The van der Waals surface area contributed by atoms with E-state index in [2.05, 4.69) is 31.9 Å². The molecule has 3 N–H and O–H groups in total. The minimum atomic E-state index is -0.197. The van der Waals surface area contributed by atoms with Crippen LogP contribution in [0.4, 0.5) is 5.69 Å². The number of nitrogens with one attached hydrogen (secondary N) is 3. The summed E-state index contributed by atoms with van der Waals surface area (Å²) < 4.78 is 5.75. The Kier molecular flexibility index (Phi) is 7.86. The van der Waals surface area contributed by atoms with E-state index in [1.807, 2.05) is 12.1 Å². The average molecular weight is 344 g/mol. The number of amides is 2. The van der Waals surface area contributed by atoms with Gasteiger partial charge in [-0.05, 0) is 24.3 Å². The van der Waals surface area contributed by atoms with Crippen molar-refractivity contribution in [3.05, 3.63) is 28.7 Å². The number of carbonyl (C=O) groups excluding carboxylic acids is 2. The molecule has 2 amide bonds. The summed E-state index contributed by atoms with van der Waals surface area (Å²) in [6, 6.07) is 7.26. The first kappa shape index (κ1) is 16.6. The van der Waals surface area contributed by atoms with Crippen molar-refractivity contribution in [1.29, 1.82) is 0 Å². The molecule has 0 unspecified atom stereocenters. The molecule has 0 heterocycles. The van der Waals surface area contributed by atoms with Gasteiger partial charge in [0.15, 0.2) is 0 Å². The molecule has 6 nitrogen and oxygen atoms in total. The maximum absolute atomic E-state index is 11.6. The highest BCUT2D eigenvalue weighted by Crippen LogP contribution is 2.13. The lowest BCUT2D eigenvalue weighted by molar-refractivity contribution is -0.120. The van der Waals surface area contributed by atoms with E-state index in [-0.39, 0.29) is 24.9 Å². The molecule has 0 fully saturated rings. The average Bonchev–Trinajstić information content (AvgIpc) is 2.42. The summed E-state index contributed by atoms with van der Waals surface area (Å²) in [6.07, 6.45) is 0. The Morgan fingerprint density at radius 1 is 1.15 bits per heavy atom. The molecule has 0 aliphatic carbocycles. The van der Waals surface area contributed by atoms with Crippen molar-refractivity contribution in [1.82, 2.24) is 10.6 Å². The van der Waals surface area contributed by atoms with Crippen LogP contribution in [0.3, 0.4) is 0 Å². The molecule has 0 radical (unpaired) electrons. The van der Waals surface area contributed by atoms with Crippen LogP contribution in [-0.2, 0) is 14.3 Å². The van der Waals surface area contributed by atoms with E-state index in [1.54, 1.807) is 19.2 Å². The first-order valence-electron chi connectivity index (χ1n) is 6.13. The van der Waals surface area contributed by atoms with Crippen LogP contribution < -0.4 is 16.0 Å². The maximum atomic E-state index is 11.6. The Morgan fingerprint density at radius 2 is 1.80 bits per heavy atom. The standard InChI is InChI=1S/C13H18BrN3O3/c1-20-7-6-16-12(18)8-15-9-13(19)17-11-4-2-10(14)3-5-11/h2-5,15H,6-9H2,1H3,(H,16,18)(H,17,19). The van der Waals surface area contributed by atoms with Gasteiger partial charge < -0.3 is 15.4 Å². The number of benzene rings is 1. The van der Waals surface area contributed by atoms with E-state index in [1.165, 1.54) is 0 Å². The van der Waals surface area contributed by atoms with Gasteiger partial charge in [-0.2, -0.15) is 0 Å². The summed E-state index contributed by atoms with van der Waals surface area (Å²) in [7, 11) is 1.57. The monoisotopic (exact) mass is 343 g/mol. The van der Waals surface area contributed by atoms with Crippen molar-refractivity contribution in [3.8, 4) is 0 Å². The predicted molar refractivity (Wildman–Crippen MR) is 80.5 cm³/mol. The lowest BCUT2D eigenvalue weighted by Gasteiger charge is -2.07. The molecule has 0 spiro atoms. The molecular weight excluding hydrogens is 326 g/mol. The third-order valence-electron chi connectivity index (χ3n) is 2.33. The van der Waals surface area contributed by atoms with Gasteiger partial charge >= 0.3 is 0 Å². The second-order valence-electron chi connectivity index (χ2n) is 4.00. The maximum Gasteiger partial charge on any atom is 0.238 e. The Hall–Kier alpha value is -1.44. The number of rotatable bonds is 8. The van der Waals surface area contributed by atoms with Crippen LogP contribution in [-0.4, -0.2) is 45.2 Å². The fourth-order valence-corrected chi connectivity index (χ4v) is 1.65. The van der Waals surface area contributed by atoms with Gasteiger partial charge in [-0.1, -0.05) is 15.9 Å². The highest BCUT2D eigenvalue weighted by molar-refractivity contribution is 9.10. The van der Waals surface area contributed by atoms with Gasteiger partial charge in [0, 0.05) is 23.8 Å². The minimum Gasteiger partial charge on any atom is -0.383 e. The largest absolute Gasteiger partial charge is 0.383 e. The molecular formula is C13H18BrN3O3. The van der Waals surface area contributed by atoms with Gasteiger partial charge in [-0.15, -0.1) is 0 Å². The van der Waals surface area contributed by atoms with Gasteiger partial charge in [-0.25, -0.2) is 0 Å². The second-order valence-corrected chi connectivity index (χ2v) is 4.92. The SMILES string of the molecule is COCCNC(=O)CNCC(=O)Nc1ccc(Br)cc1. The summed E-state index contributed by atoms with van der Waals surface area (Å²) in [5.74, 6) is -0.365. The van der Waals surface area contributed by atoms with E-state index in [0.717, 1.165) is 4.47 Å². The number of hydrogen-bond acceptors (Lipinski definition) is 4. The summed E-state index contributed by atoms with van der Waals surface area (Å²) in [5.41, 5.74) is 0.713. The van der Waals surface area contributed by atoms with Crippen molar-refractivity contribution < 1.29 is 14.3 Å². The number of hydrogen-bond donors (Lipinski definition) is 3. The molecule has 0 atom stereocenters. The Morgan fingerprint density at radius 3 is 2.45 bits per heavy atom. The lowest BCUT2D eigenvalue weighted by atomic mass is 10.3. The molecule has 110 valence electrons. The molecule has 0 aliphatic heterocycles. The second kappa shape index (κ2) is 9.46. The van der Waals surface area contributed by atoms with Crippen molar-refractivity contribution in [3.63, 3.8) is 0 Å². The quantitative estimate of drug-likeness (QED) is 0.608. The van der Waals surface area contributed by atoms with Crippen LogP contribution >= 0.6 is 15.9 Å². The van der Waals surface area contributed by atoms with Crippen LogP contribution in [0, 0.1) is 0 Å². The fraction of sp³-hybridized carbons (Fsp3) is 0.385. The predicted octanol–water partition coefficient (Wildman–Crippen LogP) is 0.740. The lowest BCUT2D eigenvalue weighted by Crippen LogP contribution is -2.38.